The molecule has 0 bridgehead atoms. The summed E-state index contributed by atoms with van der Waals surface area (Å²) in [6.45, 7) is 4.65. The average Bonchev–Trinajstić information content (AvgIpc) is 2.83. The van der Waals surface area contributed by atoms with Crippen LogP contribution in [-0.4, -0.2) is 6.54 Å². The van der Waals surface area contributed by atoms with Crippen LogP contribution in [0.3, 0.4) is 0 Å². The summed E-state index contributed by atoms with van der Waals surface area (Å²) in [5.74, 6) is 0.371. The van der Waals surface area contributed by atoms with Crippen molar-refractivity contribution < 1.29 is 26.3 Å². The minimum absolute atomic E-state index is 0.0719. The third-order valence-corrected chi connectivity index (χ3v) is 5.84. The fourth-order valence-electron chi connectivity index (χ4n) is 4.05. The van der Waals surface area contributed by atoms with E-state index in [4.69, 9.17) is 11.6 Å². The quantitative estimate of drug-likeness (QED) is 0.464. The van der Waals surface area contributed by atoms with Crippen molar-refractivity contribution in [1.82, 2.24) is 5.32 Å². The summed E-state index contributed by atoms with van der Waals surface area (Å²) in [7, 11) is 0. The minimum Gasteiger partial charge on any atom is -0.385 e. The molecule has 3 rings (SSSR count). The lowest BCUT2D eigenvalue weighted by Gasteiger charge is -2.30. The Balaban J connectivity index is 1.96. The molecule has 2 unspecified atom stereocenters. The summed E-state index contributed by atoms with van der Waals surface area (Å²) in [5, 5.41) is 7.08. The smallest absolute Gasteiger partial charge is 0.385 e. The summed E-state index contributed by atoms with van der Waals surface area (Å²) in [6, 6.07) is 6.77. The van der Waals surface area contributed by atoms with Crippen molar-refractivity contribution in [2.24, 2.45) is 11.8 Å². The highest BCUT2D eigenvalue weighted by Crippen LogP contribution is 2.40. The first-order valence-corrected chi connectivity index (χ1v) is 10.3. The van der Waals surface area contributed by atoms with Crippen LogP contribution in [0.2, 0.25) is 5.02 Å². The molecule has 9 heteroatoms. The van der Waals surface area contributed by atoms with Gasteiger partial charge in [-0.3, -0.25) is 0 Å². The predicted molar refractivity (Wildman–Crippen MR) is 109 cm³/mol. The minimum atomic E-state index is -4.87. The van der Waals surface area contributed by atoms with Gasteiger partial charge >= 0.3 is 12.4 Å². The highest BCUT2D eigenvalue weighted by atomic mass is 35.5. The molecule has 2 atom stereocenters. The van der Waals surface area contributed by atoms with Crippen LogP contribution in [0.1, 0.15) is 48.6 Å². The van der Waals surface area contributed by atoms with Gasteiger partial charge in [0, 0.05) is 29.8 Å². The number of hydrogen-bond donors (Lipinski definition) is 2. The fourth-order valence-corrected chi connectivity index (χ4v) is 4.22. The van der Waals surface area contributed by atoms with Gasteiger partial charge in [0.15, 0.2) is 0 Å². The number of anilines is 1. The van der Waals surface area contributed by atoms with E-state index in [1.807, 2.05) is 19.9 Å². The van der Waals surface area contributed by atoms with Crippen molar-refractivity contribution in [3.63, 3.8) is 0 Å². The maximum Gasteiger partial charge on any atom is 0.416 e. The first-order valence-electron chi connectivity index (χ1n) is 9.91. The summed E-state index contributed by atoms with van der Waals surface area (Å²) < 4.78 is 79.1. The Morgan fingerprint density at radius 2 is 1.61 bits per heavy atom. The van der Waals surface area contributed by atoms with Crippen molar-refractivity contribution in [1.29, 1.82) is 0 Å². The summed E-state index contributed by atoms with van der Waals surface area (Å²) in [4.78, 5) is 0. The molecule has 2 aromatic rings. The van der Waals surface area contributed by atoms with Gasteiger partial charge in [-0.1, -0.05) is 31.5 Å². The number of hydrogen-bond acceptors (Lipinski definition) is 2. The van der Waals surface area contributed by atoms with E-state index < -0.39 is 23.5 Å². The molecule has 1 aliphatic heterocycles. The number of fused-ring (bicyclic) bond motifs is 1. The normalized spacial score (nSPS) is 19.7. The van der Waals surface area contributed by atoms with Crippen molar-refractivity contribution in [3.05, 3.63) is 63.7 Å². The fraction of sp³-hybridized carbons (Fsp3) is 0.455. The van der Waals surface area contributed by atoms with Crippen LogP contribution in [0.25, 0.3) is 0 Å². The first-order chi connectivity index (χ1) is 14.4. The van der Waals surface area contributed by atoms with Crippen molar-refractivity contribution in [2.75, 3.05) is 11.9 Å². The molecule has 0 fully saturated rings. The third-order valence-electron chi connectivity index (χ3n) is 5.60. The van der Waals surface area contributed by atoms with E-state index in [2.05, 4.69) is 10.6 Å². The monoisotopic (exact) mass is 464 g/mol. The first kappa shape index (κ1) is 23.7. The van der Waals surface area contributed by atoms with Gasteiger partial charge in [-0.2, -0.15) is 26.3 Å². The molecule has 0 aliphatic carbocycles. The Hall–Kier alpha value is -1.93. The van der Waals surface area contributed by atoms with Crippen LogP contribution in [0.5, 0.6) is 0 Å². The summed E-state index contributed by atoms with van der Waals surface area (Å²) in [6.07, 6.45) is -8.95. The molecule has 0 radical (unpaired) electrons. The van der Waals surface area contributed by atoms with Gasteiger partial charge in [0.25, 0.3) is 0 Å². The van der Waals surface area contributed by atoms with E-state index in [-0.39, 0.29) is 36.1 Å². The zero-order chi connectivity index (χ0) is 23.0. The van der Waals surface area contributed by atoms with Crippen molar-refractivity contribution in [2.45, 2.75) is 45.2 Å². The average molecular weight is 465 g/mol. The van der Waals surface area contributed by atoms with E-state index in [0.717, 1.165) is 29.8 Å². The van der Waals surface area contributed by atoms with Crippen LogP contribution in [0.4, 0.5) is 32.0 Å². The lowest BCUT2D eigenvalue weighted by atomic mass is 9.82. The van der Waals surface area contributed by atoms with Gasteiger partial charge < -0.3 is 10.6 Å². The molecule has 1 heterocycles. The molecule has 2 nitrogen and oxygen atoms in total. The van der Waals surface area contributed by atoms with E-state index in [1.165, 1.54) is 0 Å². The van der Waals surface area contributed by atoms with Crippen LogP contribution in [0, 0.1) is 11.8 Å². The molecule has 170 valence electrons. The molecule has 0 spiro atoms. The molecule has 2 aromatic carbocycles. The zero-order valence-corrected chi connectivity index (χ0v) is 17.7. The number of rotatable bonds is 4. The van der Waals surface area contributed by atoms with E-state index >= 15 is 0 Å². The zero-order valence-electron chi connectivity index (χ0n) is 17.0. The Morgan fingerprint density at radius 1 is 1.00 bits per heavy atom. The van der Waals surface area contributed by atoms with Gasteiger partial charge in [0.2, 0.25) is 0 Å². The van der Waals surface area contributed by atoms with Crippen molar-refractivity contribution in [3.8, 4) is 0 Å². The molecular formula is C22H23ClF6N2. The second kappa shape index (κ2) is 8.90. The lowest BCUT2D eigenvalue weighted by molar-refractivity contribution is -0.143. The van der Waals surface area contributed by atoms with E-state index in [9.17, 15) is 26.3 Å². The Bertz CT molecular complexity index is 891. The highest BCUT2D eigenvalue weighted by Gasteiger charge is 2.37. The van der Waals surface area contributed by atoms with Crippen LogP contribution < -0.4 is 10.6 Å². The SMILES string of the molecule is CC(C)C1CCNc2cc(Cl)ccc2C1NCc1cc(C(F)(F)F)cc(C(F)(F)F)c1. The second-order valence-electron chi connectivity index (χ2n) is 8.13. The Labute approximate surface area is 182 Å². The number of halogens is 7. The number of benzene rings is 2. The molecule has 2 N–H and O–H groups in total. The van der Waals surface area contributed by atoms with Crippen molar-refractivity contribution >= 4 is 17.3 Å². The molecule has 0 amide bonds. The topological polar surface area (TPSA) is 24.1 Å². The molecular weight excluding hydrogens is 442 g/mol. The maximum atomic E-state index is 13.2. The van der Waals surface area contributed by atoms with Crippen LogP contribution in [-0.2, 0) is 18.9 Å². The standard InChI is InChI=1S/C22H23ClF6N2/c1-12(2)17-5-6-30-19-10-16(23)3-4-18(19)20(17)31-11-13-7-14(21(24,25)26)9-15(8-13)22(27,28)29/h3-4,7-10,12,17,20,30-31H,5-6,11H2,1-2H3. The molecule has 0 aromatic heterocycles. The summed E-state index contributed by atoms with van der Waals surface area (Å²) >= 11 is 6.10. The Morgan fingerprint density at radius 3 is 2.16 bits per heavy atom. The molecule has 0 saturated carbocycles. The molecule has 1 aliphatic rings. The van der Waals surface area contributed by atoms with Gasteiger partial charge in [-0.15, -0.1) is 0 Å². The second-order valence-corrected chi connectivity index (χ2v) is 8.56. The van der Waals surface area contributed by atoms with Gasteiger partial charge in [-0.25, -0.2) is 0 Å². The van der Waals surface area contributed by atoms with Gasteiger partial charge in [0.05, 0.1) is 11.1 Å². The molecule has 0 saturated heterocycles. The third kappa shape index (κ3) is 5.66. The van der Waals surface area contributed by atoms with Gasteiger partial charge in [0.1, 0.15) is 0 Å². The summed E-state index contributed by atoms with van der Waals surface area (Å²) in [5.41, 5.74) is -0.988. The van der Waals surface area contributed by atoms with Crippen LogP contribution >= 0.6 is 11.6 Å². The predicted octanol–water partition coefficient (Wildman–Crippen LogP) is 7.30. The number of nitrogens with one attached hydrogen (secondary N) is 2. The highest BCUT2D eigenvalue weighted by molar-refractivity contribution is 6.30. The molecule has 31 heavy (non-hydrogen) atoms. The maximum absolute atomic E-state index is 13.2. The van der Waals surface area contributed by atoms with E-state index in [1.54, 1.807) is 12.1 Å². The Kier molecular flexibility index (Phi) is 6.81. The lowest BCUT2D eigenvalue weighted by Crippen LogP contribution is -2.31. The van der Waals surface area contributed by atoms with Crippen LogP contribution in [0.15, 0.2) is 36.4 Å². The van der Waals surface area contributed by atoms with E-state index in [0.29, 0.717) is 11.6 Å². The largest absolute Gasteiger partial charge is 0.416 e. The number of alkyl halides is 6. The van der Waals surface area contributed by atoms with Gasteiger partial charge in [-0.05, 0) is 59.7 Å².